The first kappa shape index (κ1) is 12.3. The van der Waals surface area contributed by atoms with Crippen LogP contribution in [0.5, 0.6) is 0 Å². The highest BCUT2D eigenvalue weighted by molar-refractivity contribution is 9.10. The van der Waals surface area contributed by atoms with E-state index in [-0.39, 0.29) is 18.1 Å². The smallest absolute Gasteiger partial charge is 0.244 e. The van der Waals surface area contributed by atoms with Gasteiger partial charge in [-0.25, -0.2) is 0 Å². The highest BCUT2D eigenvalue weighted by atomic mass is 79.9. The lowest BCUT2D eigenvalue weighted by atomic mass is 10.2. The first-order chi connectivity index (χ1) is 8.13. The molecule has 1 aliphatic carbocycles. The van der Waals surface area contributed by atoms with Gasteiger partial charge in [-0.2, -0.15) is 0 Å². The molecule has 0 aliphatic heterocycles. The van der Waals surface area contributed by atoms with Gasteiger partial charge in [-0.05, 0) is 36.6 Å². The van der Waals surface area contributed by atoms with Crippen LogP contribution in [0.3, 0.4) is 0 Å². The van der Waals surface area contributed by atoms with E-state index in [0.29, 0.717) is 0 Å². The zero-order chi connectivity index (χ0) is 12.3. The Morgan fingerprint density at radius 3 is 2.88 bits per heavy atom. The minimum absolute atomic E-state index is 0.0173. The molecule has 2 rings (SSSR count). The van der Waals surface area contributed by atoms with Gasteiger partial charge in [0.2, 0.25) is 5.91 Å². The standard InChI is InChI=1S/C13H14BrNO2/c14-11-3-1-2-10(8-11)4-5-12(17)15-13(9-16)6-7-13/h1-5,8,16H,6-7,9H2,(H,15,17)/b5-4+. The second-order valence-electron chi connectivity index (χ2n) is 4.32. The number of amides is 1. The van der Waals surface area contributed by atoms with E-state index in [0.717, 1.165) is 22.9 Å². The first-order valence-electron chi connectivity index (χ1n) is 5.50. The lowest BCUT2D eigenvalue weighted by molar-refractivity contribution is -0.117. The van der Waals surface area contributed by atoms with Crippen LogP contribution in [0.4, 0.5) is 0 Å². The van der Waals surface area contributed by atoms with E-state index in [1.807, 2.05) is 24.3 Å². The van der Waals surface area contributed by atoms with Crippen molar-refractivity contribution in [2.24, 2.45) is 0 Å². The van der Waals surface area contributed by atoms with E-state index in [1.165, 1.54) is 6.08 Å². The van der Waals surface area contributed by atoms with Gasteiger partial charge in [0.15, 0.2) is 0 Å². The lowest BCUT2D eigenvalue weighted by Gasteiger charge is -2.11. The third kappa shape index (κ3) is 3.41. The second kappa shape index (κ2) is 5.02. The molecule has 0 atom stereocenters. The van der Waals surface area contributed by atoms with Crippen molar-refractivity contribution in [1.29, 1.82) is 0 Å². The molecule has 4 heteroatoms. The van der Waals surface area contributed by atoms with Crippen molar-refractivity contribution in [3.8, 4) is 0 Å². The van der Waals surface area contributed by atoms with Crippen molar-refractivity contribution < 1.29 is 9.90 Å². The summed E-state index contributed by atoms with van der Waals surface area (Å²) in [5.74, 6) is -0.156. The molecule has 0 aromatic heterocycles. The van der Waals surface area contributed by atoms with Gasteiger partial charge in [0.05, 0.1) is 12.1 Å². The highest BCUT2D eigenvalue weighted by Crippen LogP contribution is 2.34. The molecular weight excluding hydrogens is 282 g/mol. The summed E-state index contributed by atoms with van der Waals surface area (Å²) in [5.41, 5.74) is 0.613. The summed E-state index contributed by atoms with van der Waals surface area (Å²) in [6.07, 6.45) is 4.98. The maximum atomic E-state index is 11.6. The van der Waals surface area contributed by atoms with Crippen LogP contribution in [0.1, 0.15) is 18.4 Å². The monoisotopic (exact) mass is 295 g/mol. The van der Waals surface area contributed by atoms with E-state index < -0.39 is 0 Å². The van der Waals surface area contributed by atoms with Crippen molar-refractivity contribution >= 4 is 27.9 Å². The fraction of sp³-hybridized carbons (Fsp3) is 0.308. The van der Waals surface area contributed by atoms with Crippen LogP contribution in [0, 0.1) is 0 Å². The SMILES string of the molecule is O=C(/C=C/c1cccc(Br)c1)NC1(CO)CC1. The Hall–Kier alpha value is -1.13. The molecule has 0 radical (unpaired) electrons. The number of halogens is 1. The third-order valence-electron chi connectivity index (χ3n) is 2.82. The normalized spacial score (nSPS) is 17.1. The quantitative estimate of drug-likeness (QED) is 0.836. The number of hydrogen-bond acceptors (Lipinski definition) is 2. The predicted molar refractivity (Wildman–Crippen MR) is 70.4 cm³/mol. The predicted octanol–water partition coefficient (Wildman–Crippen LogP) is 2.10. The molecule has 1 aromatic carbocycles. The van der Waals surface area contributed by atoms with Crippen LogP contribution in [0.15, 0.2) is 34.8 Å². The van der Waals surface area contributed by atoms with Crippen molar-refractivity contribution in [3.63, 3.8) is 0 Å². The minimum atomic E-state index is -0.349. The average Bonchev–Trinajstić information content (AvgIpc) is 3.07. The number of nitrogens with one attached hydrogen (secondary N) is 1. The van der Waals surface area contributed by atoms with Gasteiger partial charge in [-0.3, -0.25) is 4.79 Å². The van der Waals surface area contributed by atoms with Gasteiger partial charge in [0.25, 0.3) is 0 Å². The van der Waals surface area contributed by atoms with Crippen LogP contribution in [0.2, 0.25) is 0 Å². The molecule has 0 spiro atoms. The summed E-state index contributed by atoms with van der Waals surface area (Å²) in [6, 6.07) is 7.70. The van der Waals surface area contributed by atoms with Crippen LogP contribution in [-0.2, 0) is 4.79 Å². The summed E-state index contributed by atoms with van der Waals surface area (Å²) in [6.45, 7) is 0.0173. The molecule has 17 heavy (non-hydrogen) atoms. The van der Waals surface area contributed by atoms with E-state index >= 15 is 0 Å². The number of aliphatic hydroxyl groups is 1. The maximum Gasteiger partial charge on any atom is 0.244 e. The fourth-order valence-electron chi connectivity index (χ4n) is 1.56. The summed E-state index contributed by atoms with van der Waals surface area (Å²) in [4.78, 5) is 11.6. The lowest BCUT2D eigenvalue weighted by Crippen LogP contribution is -2.38. The molecule has 2 N–H and O–H groups in total. The molecule has 1 saturated carbocycles. The molecule has 0 saturated heterocycles. The third-order valence-corrected chi connectivity index (χ3v) is 3.31. The molecule has 3 nitrogen and oxygen atoms in total. The Labute approximate surface area is 109 Å². The number of carbonyl (C=O) groups is 1. The van der Waals surface area contributed by atoms with Crippen molar-refractivity contribution in [2.75, 3.05) is 6.61 Å². The Kier molecular flexibility index (Phi) is 3.64. The average molecular weight is 296 g/mol. The van der Waals surface area contributed by atoms with Crippen LogP contribution < -0.4 is 5.32 Å². The Balaban J connectivity index is 1.94. The molecule has 90 valence electrons. The van der Waals surface area contributed by atoms with E-state index in [9.17, 15) is 4.79 Å². The largest absolute Gasteiger partial charge is 0.394 e. The van der Waals surface area contributed by atoms with Crippen LogP contribution in [-0.4, -0.2) is 23.2 Å². The molecule has 1 amide bonds. The van der Waals surface area contributed by atoms with Gasteiger partial charge in [0.1, 0.15) is 0 Å². The zero-order valence-corrected chi connectivity index (χ0v) is 10.9. The highest BCUT2D eigenvalue weighted by Gasteiger charge is 2.42. The van der Waals surface area contributed by atoms with Gasteiger partial charge >= 0.3 is 0 Å². The topological polar surface area (TPSA) is 49.3 Å². The van der Waals surface area contributed by atoms with Gasteiger partial charge in [0, 0.05) is 10.5 Å². The van der Waals surface area contributed by atoms with Gasteiger partial charge in [-0.1, -0.05) is 28.1 Å². The van der Waals surface area contributed by atoms with Crippen molar-refractivity contribution in [3.05, 3.63) is 40.4 Å². The Morgan fingerprint density at radius 1 is 1.53 bits per heavy atom. The zero-order valence-electron chi connectivity index (χ0n) is 9.32. The molecule has 1 fully saturated rings. The van der Waals surface area contributed by atoms with Crippen LogP contribution in [0.25, 0.3) is 6.08 Å². The number of rotatable bonds is 4. The minimum Gasteiger partial charge on any atom is -0.394 e. The molecular formula is C13H14BrNO2. The van der Waals surface area contributed by atoms with Crippen LogP contribution >= 0.6 is 15.9 Å². The maximum absolute atomic E-state index is 11.6. The molecule has 1 aliphatic rings. The number of benzene rings is 1. The fourth-order valence-corrected chi connectivity index (χ4v) is 1.98. The molecule has 0 unspecified atom stereocenters. The number of carbonyl (C=O) groups excluding carboxylic acids is 1. The van der Waals surface area contributed by atoms with Crippen molar-refractivity contribution in [1.82, 2.24) is 5.32 Å². The van der Waals surface area contributed by atoms with Gasteiger partial charge in [-0.15, -0.1) is 0 Å². The summed E-state index contributed by atoms with van der Waals surface area (Å²) < 4.78 is 0.981. The summed E-state index contributed by atoms with van der Waals surface area (Å²) in [7, 11) is 0. The first-order valence-corrected chi connectivity index (χ1v) is 6.30. The molecule has 0 bridgehead atoms. The second-order valence-corrected chi connectivity index (χ2v) is 5.23. The molecule has 1 aromatic rings. The number of hydrogen-bond donors (Lipinski definition) is 2. The summed E-state index contributed by atoms with van der Waals surface area (Å²) >= 11 is 3.37. The van der Waals surface area contributed by atoms with Gasteiger partial charge < -0.3 is 10.4 Å². The molecule has 0 heterocycles. The van der Waals surface area contributed by atoms with E-state index in [4.69, 9.17) is 5.11 Å². The number of aliphatic hydroxyl groups excluding tert-OH is 1. The van der Waals surface area contributed by atoms with E-state index in [1.54, 1.807) is 6.08 Å². The summed E-state index contributed by atoms with van der Waals surface area (Å²) in [5, 5.41) is 11.9. The van der Waals surface area contributed by atoms with Crippen molar-refractivity contribution in [2.45, 2.75) is 18.4 Å². The Bertz CT molecular complexity index is 452. The van der Waals surface area contributed by atoms with E-state index in [2.05, 4.69) is 21.2 Å². The Morgan fingerprint density at radius 2 is 2.29 bits per heavy atom.